The highest BCUT2D eigenvalue weighted by Crippen LogP contribution is 2.20. The molecule has 0 saturated carbocycles. The van der Waals surface area contributed by atoms with Crippen molar-refractivity contribution >= 4 is 5.91 Å². The number of carbonyl (C=O) groups is 1. The zero-order valence-corrected chi connectivity index (χ0v) is 10.9. The molecule has 4 nitrogen and oxygen atoms in total. The minimum atomic E-state index is 0.198. The second-order valence-electron chi connectivity index (χ2n) is 5.59. The van der Waals surface area contributed by atoms with Gasteiger partial charge in [0.1, 0.15) is 0 Å². The van der Waals surface area contributed by atoms with Gasteiger partial charge in [0.15, 0.2) is 0 Å². The predicted octanol–water partition coefficient (Wildman–Crippen LogP) is 1.06. The van der Waals surface area contributed by atoms with E-state index in [9.17, 15) is 4.79 Å². The summed E-state index contributed by atoms with van der Waals surface area (Å²) in [5.41, 5.74) is 0. The van der Waals surface area contributed by atoms with E-state index in [-0.39, 0.29) is 5.91 Å². The smallest absolute Gasteiger partial charge is 0.220 e. The molecule has 3 atom stereocenters. The summed E-state index contributed by atoms with van der Waals surface area (Å²) in [5, 5.41) is 6.57. The summed E-state index contributed by atoms with van der Waals surface area (Å²) in [6.45, 7) is 6.19. The molecular weight excluding hydrogens is 216 g/mol. The zero-order valence-electron chi connectivity index (χ0n) is 10.9. The SMILES string of the molecule is CC(C)C1CC(NCC2CCC(=O)N2)CCO1. The fourth-order valence-electron chi connectivity index (χ4n) is 2.62. The summed E-state index contributed by atoms with van der Waals surface area (Å²) in [5.74, 6) is 0.787. The van der Waals surface area contributed by atoms with Crippen LogP contribution < -0.4 is 10.6 Å². The van der Waals surface area contributed by atoms with E-state index >= 15 is 0 Å². The van der Waals surface area contributed by atoms with Crippen LogP contribution in [0.1, 0.15) is 39.5 Å². The molecule has 3 unspecified atom stereocenters. The van der Waals surface area contributed by atoms with Crippen molar-refractivity contribution in [2.45, 2.75) is 57.7 Å². The number of carbonyl (C=O) groups excluding carboxylic acids is 1. The molecule has 0 aromatic heterocycles. The van der Waals surface area contributed by atoms with Gasteiger partial charge in [-0.25, -0.2) is 0 Å². The lowest BCUT2D eigenvalue weighted by Crippen LogP contribution is -2.45. The van der Waals surface area contributed by atoms with Crippen LogP contribution in [0.2, 0.25) is 0 Å². The predicted molar refractivity (Wildman–Crippen MR) is 66.8 cm³/mol. The van der Waals surface area contributed by atoms with Crippen LogP contribution in [0.5, 0.6) is 0 Å². The summed E-state index contributed by atoms with van der Waals surface area (Å²) >= 11 is 0. The summed E-state index contributed by atoms with van der Waals surface area (Å²) in [4.78, 5) is 11.1. The number of ether oxygens (including phenoxy) is 1. The van der Waals surface area contributed by atoms with Crippen LogP contribution >= 0.6 is 0 Å². The van der Waals surface area contributed by atoms with Crippen molar-refractivity contribution in [3.63, 3.8) is 0 Å². The Morgan fingerprint density at radius 2 is 2.29 bits per heavy atom. The van der Waals surface area contributed by atoms with Gasteiger partial charge in [-0.2, -0.15) is 0 Å². The highest BCUT2D eigenvalue weighted by molar-refractivity contribution is 5.78. The standard InChI is InChI=1S/C13H24N2O2/c1-9(2)12-7-10(5-6-17-12)14-8-11-3-4-13(16)15-11/h9-12,14H,3-8H2,1-2H3,(H,15,16). The summed E-state index contributed by atoms with van der Waals surface area (Å²) in [7, 11) is 0. The molecule has 2 aliphatic rings. The number of nitrogens with one attached hydrogen (secondary N) is 2. The van der Waals surface area contributed by atoms with Crippen molar-refractivity contribution in [2.75, 3.05) is 13.2 Å². The molecule has 0 aromatic rings. The Morgan fingerprint density at radius 1 is 1.47 bits per heavy atom. The third-order valence-corrected chi connectivity index (χ3v) is 3.80. The van der Waals surface area contributed by atoms with Crippen molar-refractivity contribution in [1.29, 1.82) is 0 Å². The third kappa shape index (κ3) is 3.68. The van der Waals surface area contributed by atoms with Crippen LogP contribution in [0.3, 0.4) is 0 Å². The van der Waals surface area contributed by atoms with Gasteiger partial charge in [0.05, 0.1) is 6.10 Å². The highest BCUT2D eigenvalue weighted by atomic mass is 16.5. The van der Waals surface area contributed by atoms with Crippen LogP contribution in [-0.2, 0) is 9.53 Å². The van der Waals surface area contributed by atoms with Gasteiger partial charge < -0.3 is 15.4 Å². The normalized spacial score (nSPS) is 34.1. The summed E-state index contributed by atoms with van der Waals surface area (Å²) < 4.78 is 5.75. The zero-order chi connectivity index (χ0) is 12.3. The first-order valence-corrected chi connectivity index (χ1v) is 6.79. The van der Waals surface area contributed by atoms with Crippen LogP contribution in [0.15, 0.2) is 0 Å². The molecule has 4 heteroatoms. The topological polar surface area (TPSA) is 50.4 Å². The van der Waals surface area contributed by atoms with Gasteiger partial charge in [0.2, 0.25) is 5.91 Å². The average molecular weight is 240 g/mol. The first kappa shape index (κ1) is 12.8. The molecule has 2 rings (SSSR count). The van der Waals surface area contributed by atoms with Crippen LogP contribution in [0.4, 0.5) is 0 Å². The van der Waals surface area contributed by atoms with E-state index in [1.165, 1.54) is 0 Å². The lowest BCUT2D eigenvalue weighted by Gasteiger charge is -2.33. The molecule has 1 amide bonds. The minimum absolute atomic E-state index is 0.198. The minimum Gasteiger partial charge on any atom is -0.378 e. The first-order chi connectivity index (χ1) is 8.15. The van der Waals surface area contributed by atoms with Gasteiger partial charge in [-0.05, 0) is 25.2 Å². The van der Waals surface area contributed by atoms with E-state index in [1.54, 1.807) is 0 Å². The van der Waals surface area contributed by atoms with Gasteiger partial charge in [-0.3, -0.25) is 4.79 Å². The molecule has 2 N–H and O–H groups in total. The molecule has 98 valence electrons. The molecule has 0 radical (unpaired) electrons. The lowest BCUT2D eigenvalue weighted by molar-refractivity contribution is -0.119. The number of amides is 1. The van der Waals surface area contributed by atoms with E-state index in [0.29, 0.717) is 30.5 Å². The summed E-state index contributed by atoms with van der Waals surface area (Å²) in [6.07, 6.45) is 4.24. The Bertz CT molecular complexity index is 268. The van der Waals surface area contributed by atoms with Crippen molar-refractivity contribution in [1.82, 2.24) is 10.6 Å². The fraction of sp³-hybridized carbons (Fsp3) is 0.923. The Hall–Kier alpha value is -0.610. The van der Waals surface area contributed by atoms with Crippen molar-refractivity contribution in [3.8, 4) is 0 Å². The van der Waals surface area contributed by atoms with Crippen molar-refractivity contribution in [3.05, 3.63) is 0 Å². The van der Waals surface area contributed by atoms with E-state index in [2.05, 4.69) is 24.5 Å². The van der Waals surface area contributed by atoms with Crippen molar-refractivity contribution < 1.29 is 9.53 Å². The first-order valence-electron chi connectivity index (χ1n) is 6.79. The highest BCUT2D eigenvalue weighted by Gasteiger charge is 2.26. The molecule has 0 bridgehead atoms. The molecule has 2 aliphatic heterocycles. The van der Waals surface area contributed by atoms with E-state index in [4.69, 9.17) is 4.74 Å². The maximum absolute atomic E-state index is 11.1. The van der Waals surface area contributed by atoms with E-state index in [0.717, 1.165) is 32.4 Å². The Labute approximate surface area is 103 Å². The third-order valence-electron chi connectivity index (χ3n) is 3.80. The largest absolute Gasteiger partial charge is 0.378 e. The average Bonchev–Trinajstić information content (AvgIpc) is 2.73. The van der Waals surface area contributed by atoms with Crippen molar-refractivity contribution in [2.24, 2.45) is 5.92 Å². The Kier molecular flexibility index (Phi) is 4.40. The maximum Gasteiger partial charge on any atom is 0.220 e. The molecule has 2 heterocycles. The molecule has 0 spiro atoms. The summed E-state index contributed by atoms with van der Waals surface area (Å²) in [6, 6.07) is 0.886. The number of hydrogen-bond acceptors (Lipinski definition) is 3. The second-order valence-corrected chi connectivity index (χ2v) is 5.59. The van der Waals surface area contributed by atoms with Gasteiger partial charge in [0, 0.05) is 31.7 Å². The van der Waals surface area contributed by atoms with Crippen LogP contribution in [0, 0.1) is 5.92 Å². The molecule has 2 fully saturated rings. The maximum atomic E-state index is 11.1. The molecule has 17 heavy (non-hydrogen) atoms. The monoisotopic (exact) mass is 240 g/mol. The van der Waals surface area contributed by atoms with E-state index in [1.807, 2.05) is 0 Å². The Morgan fingerprint density at radius 3 is 2.94 bits per heavy atom. The molecule has 0 aliphatic carbocycles. The van der Waals surface area contributed by atoms with E-state index < -0.39 is 0 Å². The van der Waals surface area contributed by atoms with Crippen LogP contribution in [-0.4, -0.2) is 37.2 Å². The second kappa shape index (κ2) is 5.83. The lowest BCUT2D eigenvalue weighted by atomic mass is 9.95. The molecule has 2 saturated heterocycles. The van der Waals surface area contributed by atoms with Gasteiger partial charge in [0.25, 0.3) is 0 Å². The quantitative estimate of drug-likeness (QED) is 0.772. The van der Waals surface area contributed by atoms with Gasteiger partial charge in [-0.1, -0.05) is 13.8 Å². The fourth-order valence-corrected chi connectivity index (χ4v) is 2.62. The van der Waals surface area contributed by atoms with Crippen LogP contribution in [0.25, 0.3) is 0 Å². The molecule has 0 aromatic carbocycles. The number of hydrogen-bond donors (Lipinski definition) is 2. The van der Waals surface area contributed by atoms with Gasteiger partial charge >= 0.3 is 0 Å². The van der Waals surface area contributed by atoms with Gasteiger partial charge in [-0.15, -0.1) is 0 Å². The number of rotatable bonds is 4. The Balaban J connectivity index is 1.70. The molecular formula is C13H24N2O2.